The van der Waals surface area contributed by atoms with Gasteiger partial charge in [-0.15, -0.1) is 0 Å². The molecule has 134 valence electrons. The molecule has 0 aliphatic carbocycles. The highest BCUT2D eigenvalue weighted by atomic mass is 16.5. The first-order chi connectivity index (χ1) is 13.2. The lowest BCUT2D eigenvalue weighted by Gasteiger charge is -1.98. The summed E-state index contributed by atoms with van der Waals surface area (Å²) in [5.74, 6) is 0.542. The van der Waals surface area contributed by atoms with Gasteiger partial charge < -0.3 is 13.8 Å². The number of aryl methyl sites for hydroxylation is 1. The van der Waals surface area contributed by atoms with E-state index in [2.05, 4.69) is 10.3 Å². The summed E-state index contributed by atoms with van der Waals surface area (Å²) in [5.41, 5.74) is 3.54. The first-order valence-electron chi connectivity index (χ1n) is 8.41. The van der Waals surface area contributed by atoms with Crippen LogP contribution in [-0.4, -0.2) is 16.3 Å². The van der Waals surface area contributed by atoms with E-state index in [4.69, 9.17) is 13.8 Å². The van der Waals surface area contributed by atoms with E-state index in [1.807, 2.05) is 61.5 Å². The van der Waals surface area contributed by atoms with Crippen LogP contribution in [0.2, 0.25) is 0 Å². The average Bonchev–Trinajstić information content (AvgIpc) is 3.37. The van der Waals surface area contributed by atoms with Crippen LogP contribution in [0.4, 0.5) is 0 Å². The predicted octanol–water partition coefficient (Wildman–Crippen LogP) is 4.66. The van der Waals surface area contributed by atoms with E-state index >= 15 is 0 Å². The normalized spacial score (nSPS) is 10.7. The van der Waals surface area contributed by atoms with Crippen molar-refractivity contribution in [3.05, 3.63) is 83.7 Å². The summed E-state index contributed by atoms with van der Waals surface area (Å²) in [4.78, 5) is 12.2. The lowest BCUT2D eigenvalue weighted by atomic mass is 10.1. The maximum absolute atomic E-state index is 12.2. The maximum atomic E-state index is 12.2. The summed E-state index contributed by atoms with van der Waals surface area (Å²) in [5, 5.41) is 7.71. The van der Waals surface area contributed by atoms with Crippen LogP contribution in [0.25, 0.3) is 22.6 Å². The Morgan fingerprint density at radius 2 is 1.56 bits per heavy atom. The molecule has 0 N–H and O–H groups in total. The van der Waals surface area contributed by atoms with E-state index in [9.17, 15) is 4.79 Å². The fraction of sp³-hybridized carbons (Fsp3) is 0.0952. The number of carbonyl (C=O) groups excluding carboxylic acids is 1. The quantitative estimate of drug-likeness (QED) is 0.482. The van der Waals surface area contributed by atoms with Crippen molar-refractivity contribution in [1.29, 1.82) is 0 Å². The van der Waals surface area contributed by atoms with E-state index in [0.717, 1.165) is 16.7 Å². The van der Waals surface area contributed by atoms with Gasteiger partial charge in [0.2, 0.25) is 0 Å². The molecule has 6 heteroatoms. The molecule has 0 saturated carbocycles. The Bertz CT molecular complexity index is 1050. The molecule has 0 unspecified atom stereocenters. The zero-order chi connectivity index (χ0) is 18.6. The Hall–Kier alpha value is -3.67. The highest BCUT2D eigenvalue weighted by Crippen LogP contribution is 2.22. The topological polar surface area (TPSA) is 78.4 Å². The van der Waals surface area contributed by atoms with Gasteiger partial charge in [-0.1, -0.05) is 70.5 Å². The summed E-state index contributed by atoms with van der Waals surface area (Å²) < 4.78 is 15.8. The molecule has 0 atom stereocenters. The number of esters is 1. The van der Waals surface area contributed by atoms with Gasteiger partial charge in [0.25, 0.3) is 0 Å². The van der Waals surface area contributed by atoms with Gasteiger partial charge in [-0.3, -0.25) is 0 Å². The molecule has 0 spiro atoms. The van der Waals surface area contributed by atoms with E-state index in [-0.39, 0.29) is 12.3 Å². The second-order valence-electron chi connectivity index (χ2n) is 6.07. The number of hydrogen-bond donors (Lipinski definition) is 0. The molecule has 0 fully saturated rings. The third-order valence-corrected chi connectivity index (χ3v) is 4.02. The third kappa shape index (κ3) is 3.79. The van der Waals surface area contributed by atoms with Crippen LogP contribution >= 0.6 is 0 Å². The number of ether oxygens (including phenoxy) is 1. The standard InChI is InChI=1S/C21H16N2O4/c1-14-7-9-16(10-8-14)19-11-17(22-26-19)13-25-21(24)18-12-20(27-23-18)15-5-3-2-4-6-15/h2-12H,13H2,1H3. The van der Waals surface area contributed by atoms with Crippen molar-refractivity contribution in [3.63, 3.8) is 0 Å². The van der Waals surface area contributed by atoms with E-state index in [1.54, 1.807) is 12.1 Å². The number of hydrogen-bond acceptors (Lipinski definition) is 6. The number of aromatic nitrogens is 2. The Morgan fingerprint density at radius 3 is 2.33 bits per heavy atom. The van der Waals surface area contributed by atoms with Crippen LogP contribution in [0.1, 0.15) is 21.7 Å². The Morgan fingerprint density at radius 1 is 0.889 bits per heavy atom. The average molecular weight is 360 g/mol. The highest BCUT2D eigenvalue weighted by molar-refractivity contribution is 5.88. The predicted molar refractivity (Wildman–Crippen MR) is 97.7 cm³/mol. The first kappa shape index (κ1) is 16.8. The summed E-state index contributed by atoms with van der Waals surface area (Å²) in [6.07, 6.45) is 0. The van der Waals surface area contributed by atoms with Crippen LogP contribution in [0.5, 0.6) is 0 Å². The van der Waals surface area contributed by atoms with E-state index in [0.29, 0.717) is 17.2 Å². The van der Waals surface area contributed by atoms with Crippen molar-refractivity contribution in [2.75, 3.05) is 0 Å². The second-order valence-corrected chi connectivity index (χ2v) is 6.07. The molecule has 0 bridgehead atoms. The Balaban J connectivity index is 1.40. The van der Waals surface area contributed by atoms with E-state index < -0.39 is 5.97 Å². The van der Waals surface area contributed by atoms with Gasteiger partial charge in [-0.2, -0.15) is 0 Å². The lowest BCUT2D eigenvalue weighted by molar-refractivity contribution is 0.0452. The molecule has 4 rings (SSSR count). The van der Waals surface area contributed by atoms with Crippen LogP contribution in [0.15, 0.2) is 75.8 Å². The van der Waals surface area contributed by atoms with Crippen LogP contribution in [-0.2, 0) is 11.3 Å². The smallest absolute Gasteiger partial charge is 0.360 e. The molecule has 0 amide bonds. The Labute approximate surface area is 155 Å². The van der Waals surface area contributed by atoms with Crippen LogP contribution < -0.4 is 0 Å². The second kappa shape index (κ2) is 7.29. The molecule has 27 heavy (non-hydrogen) atoms. The minimum atomic E-state index is -0.583. The zero-order valence-electron chi connectivity index (χ0n) is 14.6. The molecule has 6 nitrogen and oxygen atoms in total. The fourth-order valence-corrected chi connectivity index (χ4v) is 2.56. The van der Waals surface area contributed by atoms with Gasteiger partial charge in [-0.05, 0) is 6.92 Å². The summed E-state index contributed by atoms with van der Waals surface area (Å²) in [6.45, 7) is 2.00. The van der Waals surface area contributed by atoms with Gasteiger partial charge in [0.1, 0.15) is 12.3 Å². The van der Waals surface area contributed by atoms with Crippen molar-refractivity contribution >= 4 is 5.97 Å². The number of rotatable bonds is 5. The summed E-state index contributed by atoms with van der Waals surface area (Å²) in [7, 11) is 0. The molecule has 4 aromatic rings. The van der Waals surface area contributed by atoms with E-state index in [1.165, 1.54) is 0 Å². The maximum Gasteiger partial charge on any atom is 0.360 e. The van der Waals surface area contributed by atoms with Crippen molar-refractivity contribution in [1.82, 2.24) is 10.3 Å². The van der Waals surface area contributed by atoms with Gasteiger partial charge in [0, 0.05) is 23.3 Å². The van der Waals surface area contributed by atoms with Crippen molar-refractivity contribution in [2.45, 2.75) is 13.5 Å². The molecule has 0 aliphatic rings. The molecular weight excluding hydrogens is 344 g/mol. The number of nitrogens with zero attached hydrogens (tertiary/aromatic N) is 2. The number of carbonyl (C=O) groups is 1. The van der Waals surface area contributed by atoms with Gasteiger partial charge >= 0.3 is 5.97 Å². The molecular formula is C21H16N2O4. The fourth-order valence-electron chi connectivity index (χ4n) is 2.56. The number of benzene rings is 2. The molecule has 2 heterocycles. The lowest BCUT2D eigenvalue weighted by Crippen LogP contribution is -2.05. The highest BCUT2D eigenvalue weighted by Gasteiger charge is 2.16. The van der Waals surface area contributed by atoms with Gasteiger partial charge in [0.05, 0.1) is 0 Å². The van der Waals surface area contributed by atoms with Crippen molar-refractivity contribution in [2.24, 2.45) is 0 Å². The molecule has 0 aliphatic heterocycles. The van der Waals surface area contributed by atoms with Crippen LogP contribution in [0.3, 0.4) is 0 Å². The van der Waals surface area contributed by atoms with Crippen LogP contribution in [0, 0.1) is 6.92 Å². The molecule has 2 aromatic heterocycles. The molecule has 2 aromatic carbocycles. The largest absolute Gasteiger partial charge is 0.454 e. The van der Waals surface area contributed by atoms with Crippen molar-refractivity contribution in [3.8, 4) is 22.6 Å². The minimum Gasteiger partial charge on any atom is -0.454 e. The zero-order valence-corrected chi connectivity index (χ0v) is 14.6. The molecule has 0 radical (unpaired) electrons. The van der Waals surface area contributed by atoms with Gasteiger partial charge in [-0.25, -0.2) is 4.79 Å². The Kier molecular flexibility index (Phi) is 4.53. The first-order valence-corrected chi connectivity index (χ1v) is 8.41. The minimum absolute atomic E-state index is 0.0122. The third-order valence-electron chi connectivity index (χ3n) is 4.02. The SMILES string of the molecule is Cc1ccc(-c2cc(COC(=O)c3cc(-c4ccccc4)on3)no2)cc1. The summed E-state index contributed by atoms with van der Waals surface area (Å²) >= 11 is 0. The molecule has 0 saturated heterocycles. The van der Waals surface area contributed by atoms with Crippen molar-refractivity contribution < 1.29 is 18.6 Å². The monoisotopic (exact) mass is 360 g/mol. The summed E-state index contributed by atoms with van der Waals surface area (Å²) in [6, 6.07) is 20.6. The van der Waals surface area contributed by atoms with Gasteiger partial charge in [0.15, 0.2) is 17.2 Å².